The summed E-state index contributed by atoms with van der Waals surface area (Å²) in [6, 6.07) is 1.77. The molecule has 0 aliphatic heterocycles. The number of aryl methyl sites for hydroxylation is 2. The van der Waals surface area contributed by atoms with Crippen molar-refractivity contribution >= 4 is 11.2 Å². The largest absolute Gasteiger partial charge is 0.361 e. The third-order valence-corrected chi connectivity index (χ3v) is 3.67. The van der Waals surface area contributed by atoms with Gasteiger partial charge in [0.2, 0.25) is 0 Å². The summed E-state index contributed by atoms with van der Waals surface area (Å²) in [6.07, 6.45) is 1.52. The molecule has 116 valence electrons. The van der Waals surface area contributed by atoms with Gasteiger partial charge in [-0.3, -0.25) is 13.9 Å². The van der Waals surface area contributed by atoms with Crippen molar-refractivity contribution in [1.29, 1.82) is 0 Å². The number of hydrogen-bond acceptors (Lipinski definition) is 5. The maximum absolute atomic E-state index is 12.6. The monoisotopic (exact) mass is 303 g/mol. The molecule has 8 heteroatoms. The van der Waals surface area contributed by atoms with Crippen LogP contribution in [0, 0.1) is 0 Å². The molecule has 0 saturated heterocycles. The number of imidazole rings is 1. The van der Waals surface area contributed by atoms with Gasteiger partial charge in [0.05, 0.1) is 12.9 Å². The van der Waals surface area contributed by atoms with Gasteiger partial charge >= 0.3 is 5.69 Å². The Morgan fingerprint density at radius 3 is 2.64 bits per heavy atom. The first-order chi connectivity index (χ1) is 10.4. The topological polar surface area (TPSA) is 87.9 Å². The lowest BCUT2D eigenvalue weighted by molar-refractivity contribution is 0.364. The van der Waals surface area contributed by atoms with Crippen molar-refractivity contribution < 1.29 is 4.52 Å². The van der Waals surface area contributed by atoms with E-state index in [-0.39, 0.29) is 18.0 Å². The van der Waals surface area contributed by atoms with Crippen LogP contribution >= 0.6 is 0 Å². The molecule has 0 aliphatic carbocycles. The van der Waals surface area contributed by atoms with Crippen molar-refractivity contribution in [1.82, 2.24) is 23.8 Å². The molecule has 0 aromatic carbocycles. The zero-order valence-electron chi connectivity index (χ0n) is 12.9. The Kier molecular flexibility index (Phi) is 3.23. The smallest absolute Gasteiger partial charge is 0.332 e. The third-order valence-electron chi connectivity index (χ3n) is 3.67. The second-order valence-corrected chi connectivity index (χ2v) is 5.64. The van der Waals surface area contributed by atoms with Crippen LogP contribution in [0.3, 0.4) is 0 Å². The molecule has 0 spiro atoms. The number of hydrogen-bond donors (Lipinski definition) is 0. The van der Waals surface area contributed by atoms with E-state index in [0.29, 0.717) is 16.9 Å². The highest BCUT2D eigenvalue weighted by Gasteiger charge is 2.16. The Balaban J connectivity index is 2.16. The van der Waals surface area contributed by atoms with Crippen LogP contribution in [-0.2, 0) is 20.6 Å². The molecule has 3 aromatic heterocycles. The molecule has 0 aliphatic rings. The zero-order valence-corrected chi connectivity index (χ0v) is 12.9. The van der Waals surface area contributed by atoms with Crippen LogP contribution < -0.4 is 11.2 Å². The van der Waals surface area contributed by atoms with Gasteiger partial charge in [-0.25, -0.2) is 9.78 Å². The van der Waals surface area contributed by atoms with Crippen LogP contribution in [0.4, 0.5) is 0 Å². The zero-order chi connectivity index (χ0) is 16.0. The van der Waals surface area contributed by atoms with Gasteiger partial charge in [-0.1, -0.05) is 19.0 Å². The van der Waals surface area contributed by atoms with Gasteiger partial charge in [0.25, 0.3) is 5.56 Å². The fourth-order valence-corrected chi connectivity index (χ4v) is 2.37. The highest BCUT2D eigenvalue weighted by Crippen LogP contribution is 2.15. The van der Waals surface area contributed by atoms with Gasteiger partial charge < -0.3 is 9.09 Å². The van der Waals surface area contributed by atoms with E-state index in [0.717, 1.165) is 10.3 Å². The van der Waals surface area contributed by atoms with E-state index in [2.05, 4.69) is 10.1 Å². The minimum Gasteiger partial charge on any atom is -0.361 e. The molecule has 3 heterocycles. The van der Waals surface area contributed by atoms with E-state index < -0.39 is 5.69 Å². The van der Waals surface area contributed by atoms with Gasteiger partial charge in [0.15, 0.2) is 11.2 Å². The Hall–Kier alpha value is -2.64. The summed E-state index contributed by atoms with van der Waals surface area (Å²) in [6.45, 7) is 4.04. The van der Waals surface area contributed by atoms with Crippen LogP contribution in [0.5, 0.6) is 0 Å². The predicted molar refractivity (Wildman–Crippen MR) is 79.9 cm³/mol. The van der Waals surface area contributed by atoms with Gasteiger partial charge in [-0.2, -0.15) is 0 Å². The van der Waals surface area contributed by atoms with Crippen LogP contribution in [-0.4, -0.2) is 23.8 Å². The van der Waals surface area contributed by atoms with Crippen LogP contribution in [0.2, 0.25) is 0 Å². The highest BCUT2D eigenvalue weighted by molar-refractivity contribution is 5.69. The molecular weight excluding hydrogens is 286 g/mol. The Morgan fingerprint density at radius 1 is 1.27 bits per heavy atom. The van der Waals surface area contributed by atoms with Crippen molar-refractivity contribution in [3.8, 4) is 0 Å². The molecule has 3 aromatic rings. The molecule has 0 saturated carbocycles. The summed E-state index contributed by atoms with van der Waals surface area (Å²) in [5.41, 5.74) is 0.494. The standard InChI is InChI=1S/C14H17N5O3/c1-8(2)10-5-9(16-22-10)6-19-13(20)11-12(15-7-17(11)3)18(4)14(19)21/h5,7-8H,6H2,1-4H3. The first-order valence-corrected chi connectivity index (χ1v) is 6.96. The Labute approximate surface area is 125 Å². The fraction of sp³-hybridized carbons (Fsp3) is 0.429. The molecule has 8 nitrogen and oxygen atoms in total. The van der Waals surface area contributed by atoms with Gasteiger partial charge in [-0.15, -0.1) is 0 Å². The lowest BCUT2D eigenvalue weighted by Gasteiger charge is -2.06. The Bertz CT molecular complexity index is 957. The van der Waals surface area contributed by atoms with Crippen LogP contribution in [0.1, 0.15) is 31.2 Å². The molecule has 22 heavy (non-hydrogen) atoms. The lowest BCUT2D eigenvalue weighted by Crippen LogP contribution is -2.39. The van der Waals surface area contributed by atoms with Gasteiger partial charge in [-0.05, 0) is 0 Å². The van der Waals surface area contributed by atoms with E-state index in [1.165, 1.54) is 10.9 Å². The van der Waals surface area contributed by atoms with Crippen molar-refractivity contribution in [2.24, 2.45) is 14.1 Å². The first-order valence-electron chi connectivity index (χ1n) is 6.96. The fourth-order valence-electron chi connectivity index (χ4n) is 2.37. The number of rotatable bonds is 3. The quantitative estimate of drug-likeness (QED) is 0.707. The van der Waals surface area contributed by atoms with Crippen molar-refractivity contribution in [2.75, 3.05) is 0 Å². The minimum absolute atomic E-state index is 0.0723. The summed E-state index contributed by atoms with van der Waals surface area (Å²) in [7, 11) is 3.31. The first kappa shape index (κ1) is 14.3. The normalized spacial score (nSPS) is 11.7. The molecule has 0 fully saturated rings. The van der Waals surface area contributed by atoms with Crippen molar-refractivity contribution in [3.05, 3.63) is 44.7 Å². The average molecular weight is 303 g/mol. The van der Waals surface area contributed by atoms with Crippen molar-refractivity contribution in [3.63, 3.8) is 0 Å². The molecule has 0 bridgehead atoms. The summed E-state index contributed by atoms with van der Waals surface area (Å²) in [5, 5.41) is 3.93. The number of aromatic nitrogens is 5. The Morgan fingerprint density at radius 2 is 2.00 bits per heavy atom. The summed E-state index contributed by atoms with van der Waals surface area (Å²) in [5.74, 6) is 0.918. The van der Waals surface area contributed by atoms with E-state index in [9.17, 15) is 9.59 Å². The summed E-state index contributed by atoms with van der Waals surface area (Å²) >= 11 is 0. The predicted octanol–water partition coefficient (Wildman–Crippen LogP) is 0.593. The second kappa shape index (κ2) is 4.97. The molecule has 0 atom stereocenters. The molecule has 0 radical (unpaired) electrons. The summed E-state index contributed by atoms with van der Waals surface area (Å²) < 4.78 is 9.33. The van der Waals surface area contributed by atoms with E-state index in [4.69, 9.17) is 4.52 Å². The average Bonchev–Trinajstić information content (AvgIpc) is 3.08. The molecule has 0 N–H and O–H groups in total. The lowest BCUT2D eigenvalue weighted by atomic mass is 10.1. The van der Waals surface area contributed by atoms with Gasteiger partial charge in [0, 0.05) is 26.1 Å². The number of nitrogens with zero attached hydrogens (tertiary/aromatic N) is 5. The molecule has 3 rings (SSSR count). The van der Waals surface area contributed by atoms with E-state index >= 15 is 0 Å². The SMILES string of the molecule is CC(C)c1cc(Cn2c(=O)c3c(ncn3C)n(C)c2=O)no1. The molecular formula is C14H17N5O3. The van der Waals surface area contributed by atoms with Crippen LogP contribution in [0.15, 0.2) is 26.5 Å². The van der Waals surface area contributed by atoms with Gasteiger partial charge in [0.1, 0.15) is 11.5 Å². The highest BCUT2D eigenvalue weighted by atomic mass is 16.5. The maximum atomic E-state index is 12.6. The molecule has 0 unspecified atom stereocenters. The van der Waals surface area contributed by atoms with Crippen LogP contribution in [0.25, 0.3) is 11.2 Å². The third kappa shape index (κ3) is 2.07. The van der Waals surface area contributed by atoms with Crippen molar-refractivity contribution in [2.45, 2.75) is 26.3 Å². The summed E-state index contributed by atoms with van der Waals surface area (Å²) in [4.78, 5) is 29.0. The van der Waals surface area contributed by atoms with E-state index in [1.807, 2.05) is 13.8 Å². The molecule has 0 amide bonds. The minimum atomic E-state index is -0.426. The van der Waals surface area contributed by atoms with E-state index in [1.54, 1.807) is 24.7 Å². The maximum Gasteiger partial charge on any atom is 0.332 e. The second-order valence-electron chi connectivity index (χ2n) is 5.64. The number of fused-ring (bicyclic) bond motifs is 1.